The first kappa shape index (κ1) is 50.0. The Hall–Kier alpha value is -3.00. The minimum atomic E-state index is -2.31. The van der Waals surface area contributed by atoms with E-state index in [9.17, 15) is 18.4 Å². The van der Waals surface area contributed by atoms with E-state index in [0.29, 0.717) is 0 Å². The van der Waals surface area contributed by atoms with Crippen LogP contribution in [0.1, 0.15) is 13.8 Å². The fraction of sp³-hybridized carbons (Fsp3) is 0.308. The molecule has 290 valence electrons. The number of carbonyl (C=O) groups is 2. The zero-order valence-corrected chi connectivity index (χ0v) is 34.5. The predicted octanol–water partition coefficient (Wildman–Crippen LogP) is 4.21. The fourth-order valence-corrected chi connectivity index (χ4v) is 9.66. The van der Waals surface area contributed by atoms with Gasteiger partial charge in [-0.2, -0.15) is 0 Å². The Morgan fingerprint density at radius 1 is 0.642 bits per heavy atom. The molecule has 0 aromatic heterocycles. The molecule has 0 fully saturated rings. The van der Waals surface area contributed by atoms with Gasteiger partial charge in [0.1, 0.15) is 6.17 Å². The van der Waals surface area contributed by atoms with E-state index >= 15 is 0 Å². The average Bonchev–Trinajstić information content (AvgIpc) is 3.23. The third kappa shape index (κ3) is 21.5. The van der Waals surface area contributed by atoms with Crippen molar-refractivity contribution < 1.29 is 60.2 Å². The van der Waals surface area contributed by atoms with E-state index in [0.717, 1.165) is 13.1 Å². The smallest absolute Gasteiger partial charge is 0.0967 e. The number of ether oxygens (including phenoxy) is 2. The van der Waals surface area contributed by atoms with Gasteiger partial charge in [-0.25, -0.2) is 18.4 Å². The summed E-state index contributed by atoms with van der Waals surface area (Å²) in [7, 11) is 3.09. The second-order valence-corrected chi connectivity index (χ2v) is 15.7. The van der Waals surface area contributed by atoms with Crippen LogP contribution in [0.15, 0.2) is 121 Å². The maximum atomic E-state index is 12.6. The molecule has 14 heteroatoms. The van der Waals surface area contributed by atoms with Gasteiger partial charge < -0.3 is 29.8 Å². The van der Waals surface area contributed by atoms with Crippen LogP contribution in [-0.2, 0) is 41.2 Å². The van der Waals surface area contributed by atoms with Gasteiger partial charge in [-0.1, -0.05) is 72.8 Å². The van der Waals surface area contributed by atoms with Gasteiger partial charge in [0.15, 0.2) is 0 Å². The largest absolute Gasteiger partial charge is 0.310 e. The first-order valence-electron chi connectivity index (χ1n) is 16.7. The van der Waals surface area contributed by atoms with Gasteiger partial charge in [0, 0.05) is 13.1 Å². The third-order valence-corrected chi connectivity index (χ3v) is 12.6. The summed E-state index contributed by atoms with van der Waals surface area (Å²) in [5, 5.41) is 25.4. The van der Waals surface area contributed by atoms with Crippen molar-refractivity contribution in [2.24, 2.45) is 0 Å². The van der Waals surface area contributed by atoms with Gasteiger partial charge in [0.25, 0.3) is 6.17 Å². The van der Waals surface area contributed by atoms with Crippen LogP contribution in [0.5, 0.6) is 0 Å². The SMILES string of the molecule is CCOC(=O)C(F)C(=O)OCC.OCC(F)CO.[CH-]=O.[Cl][RuH+2].c1ccc([PH+](CCNCC[PH+](c2ccccc2)c2ccccc2)c2ccccc2)cc1. The standard InChI is InChI=1S/C28H29NP2.C7H11FO4.C3H7FO2.CHO.ClH.Ru.H/c1-5-13-25(14-6-1)30(26-15-7-2-8-16-26)23-21-29-22-24-31(27-17-9-3-10-18-27)28-19-11-4-12-20-28;1-3-11-6(9)5(8)7(10)12-4-2;4-3(1-5)2-6;1-2;;;/h1-20,29H,21-24H2;5H,3-4H2,1-2H3;3,5-6H,1-2H2;1H;1H;;/q;;;-1;;+3;/p+1. The number of esters is 2. The van der Waals surface area contributed by atoms with Crippen molar-refractivity contribution in [1.29, 1.82) is 0 Å². The van der Waals surface area contributed by atoms with Crippen molar-refractivity contribution in [1.82, 2.24) is 5.32 Å². The summed E-state index contributed by atoms with van der Waals surface area (Å²) in [6.45, 7) is 7.34. The van der Waals surface area contributed by atoms with Crippen LogP contribution in [-0.4, -0.2) is 93.1 Å². The molecule has 0 aliphatic heterocycles. The van der Waals surface area contributed by atoms with Crippen molar-refractivity contribution in [3.63, 3.8) is 0 Å². The second kappa shape index (κ2) is 33.6. The first-order valence-corrected chi connectivity index (χ1v) is 22.5. The Morgan fingerprint density at radius 3 is 1.11 bits per heavy atom. The summed E-state index contributed by atoms with van der Waals surface area (Å²) < 4.78 is 32.5. The van der Waals surface area contributed by atoms with Crippen LogP contribution in [0.4, 0.5) is 8.78 Å². The van der Waals surface area contributed by atoms with Crippen LogP contribution in [0.25, 0.3) is 0 Å². The maximum Gasteiger partial charge on any atom is 0.0967 e. The summed E-state index contributed by atoms with van der Waals surface area (Å²) in [4.78, 5) is 28.9. The molecule has 0 aliphatic rings. The van der Waals surface area contributed by atoms with Crippen LogP contribution in [0.3, 0.4) is 0 Å². The molecule has 4 aromatic rings. The minimum Gasteiger partial charge on any atom is -0.310 e. The van der Waals surface area contributed by atoms with Gasteiger partial charge in [-0.15, -0.1) is 0 Å². The van der Waals surface area contributed by atoms with E-state index < -0.39 is 53.3 Å². The number of hydrogen-bond donors (Lipinski definition) is 3. The molecule has 53 heavy (non-hydrogen) atoms. The topological polar surface area (TPSA) is 122 Å². The van der Waals surface area contributed by atoms with E-state index in [-0.39, 0.29) is 13.2 Å². The molecule has 0 atom stereocenters. The van der Waals surface area contributed by atoms with Crippen molar-refractivity contribution in [3.05, 3.63) is 121 Å². The fourth-order valence-electron chi connectivity index (χ4n) is 4.60. The number of carbonyl (C=O) groups excluding carboxylic acids is 3. The Balaban J connectivity index is 0.00000102. The Bertz CT molecular complexity index is 1270. The van der Waals surface area contributed by atoms with Crippen LogP contribution in [0, 0.1) is 0 Å². The molecule has 0 bridgehead atoms. The molecule has 3 N–H and O–H groups in total. The van der Waals surface area contributed by atoms with Crippen LogP contribution < -0.4 is 26.5 Å². The molecule has 0 heterocycles. The molecule has 0 unspecified atom stereocenters. The number of benzene rings is 4. The normalized spacial score (nSPS) is 10.0. The monoisotopic (exact) mass is 882 g/mol. The number of nitrogens with one attached hydrogen (secondary N) is 1. The molecule has 0 amide bonds. The van der Waals surface area contributed by atoms with E-state index in [1.807, 2.05) is 0 Å². The van der Waals surface area contributed by atoms with Crippen molar-refractivity contribution in [2.75, 3.05) is 51.8 Å². The average molecular weight is 882 g/mol. The van der Waals surface area contributed by atoms with E-state index in [1.54, 1.807) is 17.3 Å². The van der Waals surface area contributed by atoms with Gasteiger partial charge >= 0.3 is 38.9 Å². The molecule has 0 saturated carbocycles. The molecule has 0 radical (unpaired) electrons. The van der Waals surface area contributed by atoms with E-state index in [4.69, 9.17) is 15.0 Å². The van der Waals surface area contributed by atoms with Gasteiger partial charge in [0.2, 0.25) is 0 Å². The number of hydrogen-bond acceptors (Lipinski definition) is 8. The molecule has 4 rings (SSSR count). The van der Waals surface area contributed by atoms with Crippen LogP contribution >= 0.6 is 25.5 Å². The molecule has 0 aliphatic carbocycles. The summed E-state index contributed by atoms with van der Waals surface area (Å²) in [6.07, 6.45) is -1.36. The Labute approximate surface area is 328 Å². The zero-order valence-electron chi connectivity index (χ0n) is 29.9. The summed E-state index contributed by atoms with van der Waals surface area (Å²) in [5.74, 6) is -2.40. The van der Waals surface area contributed by atoms with Gasteiger partial charge in [-0.3, -0.25) is 6.79 Å². The molecule has 0 spiro atoms. The Morgan fingerprint density at radius 2 is 0.906 bits per heavy atom. The molecular formula is C39H51ClF2NO7P2Ru+3. The third-order valence-electron chi connectivity index (χ3n) is 6.98. The predicted molar refractivity (Wildman–Crippen MR) is 215 cm³/mol. The van der Waals surface area contributed by atoms with Gasteiger partial charge in [-0.05, 0) is 62.4 Å². The van der Waals surface area contributed by atoms with E-state index in [2.05, 4.69) is 153 Å². The quantitative estimate of drug-likeness (QED) is 0.0292. The maximum absolute atomic E-state index is 12.6. The molecule has 8 nitrogen and oxygen atoms in total. The molecular weight excluding hydrogens is 831 g/mol. The zero-order chi connectivity index (χ0) is 39.7. The Kier molecular flexibility index (Phi) is 31.7. The minimum absolute atomic E-state index is 0.0403. The number of halogens is 3. The number of aliphatic hydroxyl groups is 2. The molecule has 0 saturated heterocycles. The number of aliphatic hydroxyl groups excluding tert-OH is 2. The first-order chi connectivity index (χ1) is 25.9. The number of rotatable bonds is 16. The van der Waals surface area contributed by atoms with Crippen LogP contribution in [0.2, 0.25) is 0 Å². The van der Waals surface area contributed by atoms with Gasteiger partial charge in [0.05, 0.1) is 75.8 Å². The van der Waals surface area contributed by atoms with Crippen molar-refractivity contribution >= 4 is 65.5 Å². The summed E-state index contributed by atoms with van der Waals surface area (Å²) >= 11 is 1.62. The number of alkyl halides is 2. The van der Waals surface area contributed by atoms with E-state index in [1.165, 1.54) is 47.4 Å². The molecule has 4 aromatic carbocycles. The van der Waals surface area contributed by atoms with Crippen molar-refractivity contribution in [2.45, 2.75) is 26.2 Å². The summed E-state index contributed by atoms with van der Waals surface area (Å²) in [5.41, 5.74) is 0. The summed E-state index contributed by atoms with van der Waals surface area (Å²) in [6, 6.07) is 44.2. The second-order valence-electron chi connectivity index (χ2n) is 10.5. The van der Waals surface area contributed by atoms with Crippen molar-refractivity contribution in [3.8, 4) is 0 Å².